The van der Waals surface area contributed by atoms with Crippen molar-refractivity contribution in [1.29, 1.82) is 0 Å². The lowest BCUT2D eigenvalue weighted by Crippen LogP contribution is -2.40. The maximum absolute atomic E-state index is 14.1. The van der Waals surface area contributed by atoms with Crippen molar-refractivity contribution < 1.29 is 8.78 Å². The van der Waals surface area contributed by atoms with Gasteiger partial charge in [0.1, 0.15) is 0 Å². The highest BCUT2D eigenvalue weighted by molar-refractivity contribution is 7.99. The second-order valence-corrected chi connectivity index (χ2v) is 10.9. The molecular weight excluding hydrogens is 480 g/mol. The van der Waals surface area contributed by atoms with E-state index in [0.29, 0.717) is 22.9 Å². The fourth-order valence-corrected chi connectivity index (χ4v) is 6.26. The number of rotatable bonds is 7. The number of hydrogen-bond donors (Lipinski definition) is 1. The summed E-state index contributed by atoms with van der Waals surface area (Å²) in [6, 6.07) is 2.72. The van der Waals surface area contributed by atoms with Crippen LogP contribution in [0.15, 0.2) is 42.0 Å². The van der Waals surface area contributed by atoms with Crippen LogP contribution in [0.2, 0.25) is 0 Å². The molecule has 36 heavy (non-hydrogen) atoms. The van der Waals surface area contributed by atoms with E-state index in [9.17, 15) is 8.78 Å². The lowest BCUT2D eigenvalue weighted by molar-refractivity contribution is 0.153. The van der Waals surface area contributed by atoms with Gasteiger partial charge in [0.2, 0.25) is 5.95 Å². The number of nitrogens with two attached hydrogens (primary N) is 1. The van der Waals surface area contributed by atoms with Crippen molar-refractivity contribution in [3.8, 4) is 0 Å². The second kappa shape index (κ2) is 10.7. The molecule has 10 heteroatoms. The van der Waals surface area contributed by atoms with Crippen molar-refractivity contribution in [2.75, 3.05) is 37.7 Å². The maximum atomic E-state index is 14.1. The van der Waals surface area contributed by atoms with Crippen LogP contribution in [0.1, 0.15) is 44.2 Å². The first-order valence-corrected chi connectivity index (χ1v) is 13.6. The Morgan fingerprint density at radius 2 is 1.72 bits per heavy atom. The number of nitrogen functional groups attached to an aromatic ring is 1. The lowest BCUT2D eigenvalue weighted by Gasteiger charge is -2.41. The maximum Gasteiger partial charge on any atom is 0.219 e. The summed E-state index contributed by atoms with van der Waals surface area (Å²) in [7, 11) is 0. The van der Waals surface area contributed by atoms with Crippen LogP contribution in [0.25, 0.3) is 11.0 Å². The Hall–Kier alpha value is -2.72. The van der Waals surface area contributed by atoms with Crippen LogP contribution in [-0.4, -0.2) is 61.3 Å². The number of allylic oxidation sites excluding steroid dienone is 1. The molecule has 1 aromatic carbocycles. The first-order chi connectivity index (χ1) is 17.4. The molecule has 7 nitrogen and oxygen atoms in total. The molecule has 0 amide bonds. The highest BCUT2D eigenvalue weighted by atomic mass is 32.2. The molecule has 0 aliphatic carbocycles. The van der Waals surface area contributed by atoms with Gasteiger partial charge in [-0.05, 0) is 44.5 Å². The molecule has 0 radical (unpaired) electrons. The van der Waals surface area contributed by atoms with Gasteiger partial charge in [0.05, 0.1) is 11.0 Å². The van der Waals surface area contributed by atoms with Crippen molar-refractivity contribution in [2.45, 2.75) is 50.4 Å². The largest absolute Gasteiger partial charge is 0.375 e. The third-order valence-corrected chi connectivity index (χ3v) is 8.23. The molecule has 0 unspecified atom stereocenters. The lowest BCUT2D eigenvalue weighted by atomic mass is 9.91. The van der Waals surface area contributed by atoms with Crippen LogP contribution in [0.4, 0.5) is 14.7 Å². The first kappa shape index (κ1) is 25.0. The zero-order chi connectivity index (χ0) is 25.2. The van der Waals surface area contributed by atoms with Crippen molar-refractivity contribution >= 4 is 28.7 Å². The van der Waals surface area contributed by atoms with Gasteiger partial charge in [-0.25, -0.2) is 23.7 Å². The average Bonchev–Trinajstić information content (AvgIpc) is 3.22. The van der Waals surface area contributed by atoms with E-state index in [4.69, 9.17) is 5.73 Å². The van der Waals surface area contributed by atoms with E-state index >= 15 is 0 Å². The SMILES string of the molecule is C=C(C1CCN(Cc2cnc(N)nc2)CC1)N1CCC(n2c(SCC)nc3cc(F)c(F)cc32)CC1. The quantitative estimate of drug-likeness (QED) is 0.452. The molecule has 2 fully saturated rings. The van der Waals surface area contributed by atoms with Crippen LogP contribution in [0.5, 0.6) is 0 Å². The number of benzene rings is 1. The number of hydrogen-bond acceptors (Lipinski definition) is 7. The predicted molar refractivity (Wildman–Crippen MR) is 139 cm³/mol. The van der Waals surface area contributed by atoms with Crippen molar-refractivity contribution in [3.05, 3.63) is 54.0 Å². The Bertz CT molecular complexity index is 1210. The highest BCUT2D eigenvalue weighted by Crippen LogP contribution is 2.36. The summed E-state index contributed by atoms with van der Waals surface area (Å²) >= 11 is 1.62. The van der Waals surface area contributed by atoms with E-state index in [1.54, 1.807) is 24.2 Å². The van der Waals surface area contributed by atoms with E-state index in [0.717, 1.165) is 74.9 Å². The highest BCUT2D eigenvalue weighted by Gasteiger charge is 2.29. The van der Waals surface area contributed by atoms with Gasteiger partial charge in [-0.2, -0.15) is 0 Å². The number of aromatic nitrogens is 4. The molecule has 0 atom stereocenters. The summed E-state index contributed by atoms with van der Waals surface area (Å²) in [5, 5.41) is 0.841. The number of likely N-dealkylation sites (tertiary alicyclic amines) is 2. The van der Waals surface area contributed by atoms with Crippen LogP contribution < -0.4 is 5.73 Å². The smallest absolute Gasteiger partial charge is 0.219 e. The third kappa shape index (κ3) is 5.20. The van der Waals surface area contributed by atoms with Gasteiger partial charge in [0.15, 0.2) is 16.8 Å². The fourth-order valence-electron chi connectivity index (χ4n) is 5.45. The minimum absolute atomic E-state index is 0.210. The van der Waals surface area contributed by atoms with Gasteiger partial charge >= 0.3 is 0 Å². The zero-order valence-electron chi connectivity index (χ0n) is 20.7. The fraction of sp³-hybridized carbons (Fsp3) is 0.500. The topological polar surface area (TPSA) is 76.1 Å². The minimum atomic E-state index is -0.848. The molecule has 4 heterocycles. The standard InChI is InChI=1S/C26H33F2N7S/c1-3-36-26-32-23-12-21(27)22(28)13-24(23)35(26)20-6-10-34(11-7-20)17(2)19-4-8-33(9-5-19)16-18-14-30-25(29)31-15-18/h12-15,19-20H,2-11,16H2,1H3,(H2,29,30,31). The summed E-state index contributed by atoms with van der Waals surface area (Å²) < 4.78 is 30.0. The van der Waals surface area contributed by atoms with E-state index in [1.165, 1.54) is 17.8 Å². The van der Waals surface area contributed by atoms with Crippen LogP contribution in [-0.2, 0) is 6.54 Å². The number of anilines is 1. The summed E-state index contributed by atoms with van der Waals surface area (Å²) in [4.78, 5) is 17.7. The van der Waals surface area contributed by atoms with Gasteiger partial charge in [-0.15, -0.1) is 0 Å². The van der Waals surface area contributed by atoms with Gasteiger partial charge in [0, 0.05) is 67.4 Å². The van der Waals surface area contributed by atoms with E-state index in [-0.39, 0.29) is 6.04 Å². The number of imidazole rings is 1. The Kier molecular flexibility index (Phi) is 7.43. The van der Waals surface area contributed by atoms with E-state index in [2.05, 4.69) is 42.8 Å². The van der Waals surface area contributed by atoms with E-state index in [1.807, 2.05) is 0 Å². The summed E-state index contributed by atoms with van der Waals surface area (Å²) in [6.45, 7) is 11.2. The van der Waals surface area contributed by atoms with Crippen molar-refractivity contribution in [3.63, 3.8) is 0 Å². The number of thioether (sulfide) groups is 1. The Morgan fingerprint density at radius 3 is 2.39 bits per heavy atom. The Labute approximate surface area is 214 Å². The molecule has 3 aromatic rings. The molecule has 2 N–H and O–H groups in total. The normalized spacial score (nSPS) is 18.2. The molecular formula is C26H33F2N7S. The van der Waals surface area contributed by atoms with Gasteiger partial charge in [0.25, 0.3) is 0 Å². The molecule has 0 spiro atoms. The predicted octanol–water partition coefficient (Wildman–Crippen LogP) is 4.86. The zero-order valence-corrected chi connectivity index (χ0v) is 21.5. The average molecular weight is 514 g/mol. The minimum Gasteiger partial charge on any atom is -0.375 e. The monoisotopic (exact) mass is 513 g/mol. The molecule has 0 saturated carbocycles. The van der Waals surface area contributed by atoms with Gasteiger partial charge < -0.3 is 15.2 Å². The number of fused-ring (bicyclic) bond motifs is 1. The molecule has 5 rings (SSSR count). The molecule has 2 aromatic heterocycles. The number of halogens is 2. The number of piperidine rings is 2. The van der Waals surface area contributed by atoms with E-state index < -0.39 is 11.6 Å². The van der Waals surface area contributed by atoms with Crippen LogP contribution in [0.3, 0.4) is 0 Å². The third-order valence-electron chi connectivity index (χ3n) is 7.40. The molecule has 0 bridgehead atoms. The molecule has 2 aliphatic heterocycles. The Morgan fingerprint density at radius 1 is 1.06 bits per heavy atom. The van der Waals surface area contributed by atoms with Crippen molar-refractivity contribution in [2.24, 2.45) is 5.92 Å². The van der Waals surface area contributed by atoms with Gasteiger partial charge in [-0.1, -0.05) is 25.3 Å². The molecule has 2 saturated heterocycles. The molecule has 2 aliphatic rings. The first-order valence-electron chi connectivity index (χ1n) is 12.6. The second-order valence-electron chi connectivity index (χ2n) is 9.66. The summed E-state index contributed by atoms with van der Waals surface area (Å²) in [5.41, 5.74) is 9.11. The van der Waals surface area contributed by atoms with Crippen LogP contribution >= 0.6 is 11.8 Å². The molecule has 192 valence electrons. The van der Waals surface area contributed by atoms with Gasteiger partial charge in [-0.3, -0.25) is 4.90 Å². The van der Waals surface area contributed by atoms with Crippen molar-refractivity contribution in [1.82, 2.24) is 29.3 Å². The Balaban J connectivity index is 1.19. The summed E-state index contributed by atoms with van der Waals surface area (Å²) in [5.74, 6) is -0.0246. The van der Waals surface area contributed by atoms with Crippen LogP contribution in [0, 0.1) is 17.6 Å². The summed E-state index contributed by atoms with van der Waals surface area (Å²) in [6.07, 6.45) is 7.63. The number of nitrogens with zero attached hydrogens (tertiary/aromatic N) is 6.